The Morgan fingerprint density at radius 3 is 2.67 bits per heavy atom. The van der Waals surface area contributed by atoms with Gasteiger partial charge in [-0.1, -0.05) is 12.1 Å². The van der Waals surface area contributed by atoms with Gasteiger partial charge in [-0.05, 0) is 38.5 Å². The van der Waals surface area contributed by atoms with E-state index in [1.54, 1.807) is 19.4 Å². The molecule has 2 rings (SSSR count). The third kappa shape index (κ3) is 3.22. The minimum Gasteiger partial charge on any atom is -0.496 e. The molecular weight excluding hydrogens is 267 g/mol. The topological polar surface area (TPSA) is 48.1 Å². The second-order valence-electron chi connectivity index (χ2n) is 5.65. The zero-order valence-corrected chi connectivity index (χ0v) is 12.9. The molecule has 0 aliphatic heterocycles. The molecule has 0 aliphatic rings. The molecule has 0 aliphatic carbocycles. The first-order valence-electron chi connectivity index (χ1n) is 6.89. The van der Waals surface area contributed by atoms with Crippen molar-refractivity contribution in [2.45, 2.75) is 32.7 Å². The largest absolute Gasteiger partial charge is 0.496 e. The van der Waals surface area contributed by atoms with Crippen molar-refractivity contribution in [3.63, 3.8) is 0 Å². The third-order valence-corrected chi connectivity index (χ3v) is 3.77. The molecule has 1 unspecified atom stereocenters. The lowest BCUT2D eigenvalue weighted by Crippen LogP contribution is -2.36. The summed E-state index contributed by atoms with van der Waals surface area (Å²) in [6, 6.07) is 6.40. The van der Waals surface area contributed by atoms with Gasteiger partial charge < -0.3 is 10.5 Å². The van der Waals surface area contributed by atoms with E-state index in [0.29, 0.717) is 6.42 Å². The number of ether oxygens (including phenoxy) is 1. The highest BCUT2D eigenvalue weighted by molar-refractivity contribution is 5.42. The maximum atomic E-state index is 13.4. The fraction of sp³-hybridized carbons (Fsp3) is 0.353. The van der Waals surface area contributed by atoms with Crippen LogP contribution in [0.3, 0.4) is 0 Å². The zero-order valence-electron chi connectivity index (χ0n) is 12.9. The van der Waals surface area contributed by atoms with Gasteiger partial charge in [-0.3, -0.25) is 4.98 Å². The van der Waals surface area contributed by atoms with Crippen molar-refractivity contribution in [1.29, 1.82) is 0 Å². The van der Waals surface area contributed by atoms with Crippen molar-refractivity contribution >= 4 is 0 Å². The Kier molecular flexibility index (Phi) is 4.28. The van der Waals surface area contributed by atoms with Gasteiger partial charge in [-0.2, -0.15) is 0 Å². The third-order valence-electron chi connectivity index (χ3n) is 3.77. The van der Waals surface area contributed by atoms with Crippen molar-refractivity contribution in [1.82, 2.24) is 4.98 Å². The summed E-state index contributed by atoms with van der Waals surface area (Å²) >= 11 is 0. The van der Waals surface area contributed by atoms with Gasteiger partial charge >= 0.3 is 0 Å². The van der Waals surface area contributed by atoms with E-state index < -0.39 is 5.54 Å². The van der Waals surface area contributed by atoms with Gasteiger partial charge in [0.25, 0.3) is 0 Å². The van der Waals surface area contributed by atoms with Crippen LogP contribution >= 0.6 is 0 Å². The Hall–Kier alpha value is -1.94. The van der Waals surface area contributed by atoms with Crippen LogP contribution in [0, 0.1) is 19.7 Å². The van der Waals surface area contributed by atoms with E-state index in [9.17, 15) is 4.39 Å². The molecule has 1 heterocycles. The summed E-state index contributed by atoms with van der Waals surface area (Å²) in [7, 11) is 1.65. The summed E-state index contributed by atoms with van der Waals surface area (Å²) in [6.07, 6.45) is 2.29. The predicted octanol–water partition coefficient (Wildman–Crippen LogP) is 3.26. The Morgan fingerprint density at radius 1 is 1.33 bits per heavy atom. The Balaban J connectivity index is 2.37. The van der Waals surface area contributed by atoms with Crippen molar-refractivity contribution in [3.05, 3.63) is 58.7 Å². The molecule has 21 heavy (non-hydrogen) atoms. The number of rotatable bonds is 4. The number of aromatic nitrogens is 1. The van der Waals surface area contributed by atoms with Crippen LogP contribution in [-0.4, -0.2) is 12.1 Å². The number of benzene rings is 1. The number of nitrogens with zero attached hydrogens (tertiary/aromatic N) is 1. The molecule has 112 valence electrons. The molecule has 0 spiro atoms. The van der Waals surface area contributed by atoms with E-state index in [1.807, 2.05) is 26.8 Å². The van der Waals surface area contributed by atoms with Crippen LogP contribution < -0.4 is 10.5 Å². The smallest absolute Gasteiger partial charge is 0.128 e. The number of hydrogen-bond donors (Lipinski definition) is 1. The summed E-state index contributed by atoms with van der Waals surface area (Å²) < 4.78 is 18.8. The van der Waals surface area contributed by atoms with E-state index >= 15 is 0 Å². The standard InChI is InChI=1S/C17H21FN2O/c1-11-10-20-15(12(2)16(11)21-4)9-17(3,19)13-6-5-7-14(18)8-13/h5-8,10H,9,19H2,1-4H3. The first-order chi connectivity index (χ1) is 9.85. The summed E-state index contributed by atoms with van der Waals surface area (Å²) in [5, 5.41) is 0. The molecule has 0 saturated heterocycles. The summed E-state index contributed by atoms with van der Waals surface area (Å²) in [6.45, 7) is 5.81. The van der Waals surface area contributed by atoms with Gasteiger partial charge in [0.05, 0.1) is 7.11 Å². The molecule has 0 fully saturated rings. The van der Waals surface area contributed by atoms with Crippen LogP contribution in [0.2, 0.25) is 0 Å². The summed E-state index contributed by atoms with van der Waals surface area (Å²) in [5.74, 6) is 0.547. The fourth-order valence-electron chi connectivity index (χ4n) is 2.54. The fourth-order valence-corrected chi connectivity index (χ4v) is 2.54. The van der Waals surface area contributed by atoms with E-state index in [-0.39, 0.29) is 5.82 Å². The molecule has 1 aromatic heterocycles. The number of hydrogen-bond acceptors (Lipinski definition) is 3. The van der Waals surface area contributed by atoms with Crippen LogP contribution in [0.1, 0.15) is 29.3 Å². The monoisotopic (exact) mass is 288 g/mol. The van der Waals surface area contributed by atoms with Crippen LogP contribution in [-0.2, 0) is 12.0 Å². The van der Waals surface area contributed by atoms with E-state index in [0.717, 1.165) is 28.1 Å². The maximum Gasteiger partial charge on any atom is 0.128 e. The van der Waals surface area contributed by atoms with Gasteiger partial charge in [0, 0.05) is 35.0 Å². The second kappa shape index (κ2) is 5.82. The number of methoxy groups -OCH3 is 1. The first-order valence-corrected chi connectivity index (χ1v) is 6.89. The average Bonchev–Trinajstić information content (AvgIpc) is 2.43. The lowest BCUT2D eigenvalue weighted by Gasteiger charge is -2.26. The molecule has 2 aromatic rings. The lowest BCUT2D eigenvalue weighted by molar-refractivity contribution is 0.404. The normalized spacial score (nSPS) is 13.8. The predicted molar refractivity (Wildman–Crippen MR) is 81.9 cm³/mol. The van der Waals surface area contributed by atoms with Crippen molar-refractivity contribution in [2.75, 3.05) is 7.11 Å². The van der Waals surface area contributed by atoms with Crippen molar-refractivity contribution < 1.29 is 9.13 Å². The number of nitrogens with two attached hydrogens (primary N) is 1. The highest BCUT2D eigenvalue weighted by Gasteiger charge is 2.24. The Labute approximate surface area is 125 Å². The molecule has 0 radical (unpaired) electrons. The minimum absolute atomic E-state index is 0.282. The molecule has 3 nitrogen and oxygen atoms in total. The van der Waals surface area contributed by atoms with Gasteiger partial charge in [0.1, 0.15) is 11.6 Å². The number of aryl methyl sites for hydroxylation is 1. The second-order valence-corrected chi connectivity index (χ2v) is 5.65. The molecule has 4 heteroatoms. The van der Waals surface area contributed by atoms with Gasteiger partial charge in [-0.25, -0.2) is 4.39 Å². The highest BCUT2D eigenvalue weighted by atomic mass is 19.1. The van der Waals surface area contributed by atoms with Crippen LogP contribution in [0.5, 0.6) is 5.75 Å². The van der Waals surface area contributed by atoms with Gasteiger partial charge in [0.2, 0.25) is 0 Å². The Morgan fingerprint density at radius 2 is 2.05 bits per heavy atom. The first kappa shape index (κ1) is 15.4. The molecule has 2 N–H and O–H groups in total. The molecule has 1 aromatic carbocycles. The van der Waals surface area contributed by atoms with Gasteiger partial charge in [0.15, 0.2) is 0 Å². The molecule has 1 atom stereocenters. The molecular formula is C17H21FN2O. The minimum atomic E-state index is -0.694. The summed E-state index contributed by atoms with van der Waals surface area (Å²) in [5.41, 5.74) is 9.28. The maximum absolute atomic E-state index is 13.4. The van der Waals surface area contributed by atoms with Crippen molar-refractivity contribution in [2.24, 2.45) is 5.73 Å². The number of halogens is 1. The molecule has 0 saturated carbocycles. The number of pyridine rings is 1. The van der Waals surface area contributed by atoms with Gasteiger partial charge in [-0.15, -0.1) is 0 Å². The van der Waals surface area contributed by atoms with E-state index in [2.05, 4.69) is 4.98 Å². The van der Waals surface area contributed by atoms with E-state index in [1.165, 1.54) is 12.1 Å². The van der Waals surface area contributed by atoms with Crippen LogP contribution in [0.15, 0.2) is 30.5 Å². The summed E-state index contributed by atoms with van der Waals surface area (Å²) in [4.78, 5) is 4.47. The molecule has 0 amide bonds. The average molecular weight is 288 g/mol. The van der Waals surface area contributed by atoms with E-state index in [4.69, 9.17) is 10.5 Å². The highest BCUT2D eigenvalue weighted by Crippen LogP contribution is 2.29. The van der Waals surface area contributed by atoms with Crippen molar-refractivity contribution in [3.8, 4) is 5.75 Å². The molecule has 0 bridgehead atoms. The lowest BCUT2D eigenvalue weighted by atomic mass is 9.87. The van der Waals surface area contributed by atoms with Crippen LogP contribution in [0.4, 0.5) is 4.39 Å². The quantitative estimate of drug-likeness (QED) is 0.939. The van der Waals surface area contributed by atoms with Crippen LogP contribution in [0.25, 0.3) is 0 Å². The zero-order chi connectivity index (χ0) is 15.6. The Bertz CT molecular complexity index is 653. The SMILES string of the molecule is COc1c(C)cnc(CC(C)(N)c2cccc(F)c2)c1C.